The van der Waals surface area contributed by atoms with E-state index in [9.17, 15) is 4.79 Å². The zero-order valence-electron chi connectivity index (χ0n) is 8.63. The molecule has 0 radical (unpaired) electrons. The molecule has 0 fully saturated rings. The van der Waals surface area contributed by atoms with Crippen molar-refractivity contribution in [2.45, 2.75) is 13.3 Å². The van der Waals surface area contributed by atoms with Gasteiger partial charge in [-0.2, -0.15) is 0 Å². The maximum Gasteiger partial charge on any atom is 0.188 e. The molecule has 15 heavy (non-hydrogen) atoms. The van der Waals surface area contributed by atoms with Crippen LogP contribution in [0.3, 0.4) is 0 Å². The molecule has 0 atom stereocenters. The molecule has 0 aliphatic carbocycles. The highest BCUT2D eigenvalue weighted by Gasteiger charge is 2.07. The van der Waals surface area contributed by atoms with Crippen LogP contribution in [0.25, 0.3) is 0 Å². The highest BCUT2D eigenvalue weighted by Crippen LogP contribution is 2.20. The highest BCUT2D eigenvalue weighted by atomic mass is 79.9. The SMILES string of the molecule is CCCOCC(=O)c1ccc(N)c(Br)c1. The van der Waals surface area contributed by atoms with Crippen LogP contribution in [-0.2, 0) is 4.74 Å². The van der Waals surface area contributed by atoms with Crippen LogP contribution < -0.4 is 5.73 Å². The summed E-state index contributed by atoms with van der Waals surface area (Å²) >= 11 is 3.28. The topological polar surface area (TPSA) is 52.3 Å². The lowest BCUT2D eigenvalue weighted by Crippen LogP contribution is -2.09. The Balaban J connectivity index is 2.62. The number of Topliss-reactive ketones (excluding diaryl/α,β-unsaturated/α-hetero) is 1. The van der Waals surface area contributed by atoms with Crippen molar-refractivity contribution in [2.24, 2.45) is 0 Å². The first kappa shape index (κ1) is 12.2. The normalized spacial score (nSPS) is 10.3. The molecule has 0 amide bonds. The predicted octanol–water partition coefficient (Wildman–Crippen LogP) is 2.64. The monoisotopic (exact) mass is 271 g/mol. The lowest BCUT2D eigenvalue weighted by Gasteiger charge is -2.04. The molecule has 0 bridgehead atoms. The Hall–Kier alpha value is -0.870. The van der Waals surface area contributed by atoms with E-state index in [1.165, 1.54) is 0 Å². The molecule has 0 aliphatic rings. The summed E-state index contributed by atoms with van der Waals surface area (Å²) in [5.74, 6) is -0.0239. The van der Waals surface area contributed by atoms with Crippen LogP contribution in [0.1, 0.15) is 23.7 Å². The fourth-order valence-electron chi connectivity index (χ4n) is 1.09. The minimum absolute atomic E-state index is 0.0239. The second kappa shape index (κ2) is 5.88. The summed E-state index contributed by atoms with van der Waals surface area (Å²) in [5.41, 5.74) is 6.86. The van der Waals surface area contributed by atoms with Crippen LogP contribution in [0, 0.1) is 0 Å². The van der Waals surface area contributed by atoms with Crippen LogP contribution in [0.2, 0.25) is 0 Å². The molecule has 0 saturated carbocycles. The number of hydrogen-bond acceptors (Lipinski definition) is 3. The third-order valence-corrected chi connectivity index (χ3v) is 2.59. The van der Waals surface area contributed by atoms with E-state index in [0.717, 1.165) is 10.9 Å². The number of carbonyl (C=O) groups excluding carboxylic acids is 1. The second-order valence-corrected chi connectivity index (χ2v) is 4.07. The standard InChI is InChI=1S/C11H14BrNO2/c1-2-5-15-7-11(14)8-3-4-10(13)9(12)6-8/h3-4,6H,2,5,7,13H2,1H3. The van der Waals surface area contributed by atoms with Gasteiger partial charge >= 0.3 is 0 Å². The van der Waals surface area contributed by atoms with Crippen molar-refractivity contribution in [1.29, 1.82) is 0 Å². The molecule has 4 heteroatoms. The molecule has 1 aromatic rings. The van der Waals surface area contributed by atoms with Gasteiger partial charge in [0.15, 0.2) is 5.78 Å². The number of rotatable bonds is 5. The Kier molecular flexibility index (Phi) is 4.78. The smallest absolute Gasteiger partial charge is 0.188 e. The van der Waals surface area contributed by atoms with Crippen LogP contribution >= 0.6 is 15.9 Å². The molecule has 82 valence electrons. The first-order chi connectivity index (χ1) is 7.15. The summed E-state index contributed by atoms with van der Waals surface area (Å²) in [4.78, 5) is 11.6. The number of anilines is 1. The van der Waals surface area contributed by atoms with Crippen LogP contribution in [0.5, 0.6) is 0 Å². The predicted molar refractivity (Wildman–Crippen MR) is 64.0 cm³/mol. The summed E-state index contributed by atoms with van der Waals surface area (Å²) in [5, 5.41) is 0. The number of nitrogens with two attached hydrogens (primary N) is 1. The van der Waals surface area contributed by atoms with Crippen LogP contribution in [0.4, 0.5) is 5.69 Å². The van der Waals surface area contributed by atoms with E-state index in [2.05, 4.69) is 15.9 Å². The minimum Gasteiger partial charge on any atom is -0.398 e. The number of ether oxygens (including phenoxy) is 1. The van der Waals surface area contributed by atoms with Crippen molar-refractivity contribution in [3.63, 3.8) is 0 Å². The van der Waals surface area contributed by atoms with E-state index in [4.69, 9.17) is 10.5 Å². The number of ketones is 1. The van der Waals surface area contributed by atoms with Crippen molar-refractivity contribution in [2.75, 3.05) is 18.9 Å². The number of benzene rings is 1. The van der Waals surface area contributed by atoms with Gasteiger partial charge in [-0.05, 0) is 40.5 Å². The van der Waals surface area contributed by atoms with Gasteiger partial charge in [-0.1, -0.05) is 6.92 Å². The molecule has 0 aromatic heterocycles. The molecule has 0 heterocycles. The summed E-state index contributed by atoms with van der Waals surface area (Å²) < 4.78 is 5.91. The number of carbonyl (C=O) groups is 1. The Morgan fingerprint density at radius 1 is 1.53 bits per heavy atom. The lowest BCUT2D eigenvalue weighted by molar-refractivity contribution is 0.0761. The lowest BCUT2D eigenvalue weighted by atomic mass is 10.1. The van der Waals surface area contributed by atoms with Gasteiger partial charge in [-0.25, -0.2) is 0 Å². The third-order valence-electron chi connectivity index (χ3n) is 1.90. The zero-order chi connectivity index (χ0) is 11.3. The number of nitrogen functional groups attached to an aromatic ring is 1. The average Bonchev–Trinajstić information content (AvgIpc) is 2.22. The molecular weight excluding hydrogens is 258 g/mol. The molecule has 0 aliphatic heterocycles. The van der Waals surface area contributed by atoms with Crippen molar-refractivity contribution in [1.82, 2.24) is 0 Å². The maximum atomic E-state index is 11.6. The number of halogens is 1. The molecular formula is C11H14BrNO2. The Labute approximate surface area is 97.7 Å². The Bertz CT molecular complexity index is 352. The maximum absolute atomic E-state index is 11.6. The molecule has 2 N–H and O–H groups in total. The van der Waals surface area contributed by atoms with E-state index in [1.807, 2.05) is 6.92 Å². The van der Waals surface area contributed by atoms with Gasteiger partial charge in [0, 0.05) is 22.3 Å². The fourth-order valence-corrected chi connectivity index (χ4v) is 1.47. The molecule has 0 unspecified atom stereocenters. The summed E-state index contributed by atoms with van der Waals surface area (Å²) in [6.45, 7) is 2.75. The molecule has 1 aromatic carbocycles. The van der Waals surface area contributed by atoms with Crippen molar-refractivity contribution < 1.29 is 9.53 Å². The molecule has 0 spiro atoms. The Morgan fingerprint density at radius 2 is 2.27 bits per heavy atom. The summed E-state index contributed by atoms with van der Waals surface area (Å²) in [6, 6.07) is 5.13. The molecule has 3 nitrogen and oxygen atoms in total. The largest absolute Gasteiger partial charge is 0.398 e. The molecule has 0 saturated heterocycles. The quantitative estimate of drug-likeness (QED) is 0.509. The van der Waals surface area contributed by atoms with E-state index in [-0.39, 0.29) is 12.4 Å². The van der Waals surface area contributed by atoms with Gasteiger partial charge in [-0.3, -0.25) is 4.79 Å². The number of hydrogen-bond donors (Lipinski definition) is 1. The minimum atomic E-state index is -0.0239. The van der Waals surface area contributed by atoms with Crippen LogP contribution in [-0.4, -0.2) is 19.0 Å². The van der Waals surface area contributed by atoms with Gasteiger partial charge in [-0.15, -0.1) is 0 Å². The van der Waals surface area contributed by atoms with Gasteiger partial charge in [0.2, 0.25) is 0 Å². The highest BCUT2D eigenvalue weighted by molar-refractivity contribution is 9.10. The van der Waals surface area contributed by atoms with Crippen LogP contribution in [0.15, 0.2) is 22.7 Å². The first-order valence-corrected chi connectivity index (χ1v) is 5.60. The summed E-state index contributed by atoms with van der Waals surface area (Å²) in [6.07, 6.45) is 0.915. The van der Waals surface area contributed by atoms with Gasteiger partial charge in [0.05, 0.1) is 0 Å². The van der Waals surface area contributed by atoms with E-state index in [0.29, 0.717) is 17.9 Å². The average molecular weight is 272 g/mol. The van der Waals surface area contributed by atoms with E-state index < -0.39 is 0 Å². The third kappa shape index (κ3) is 3.64. The van der Waals surface area contributed by atoms with E-state index >= 15 is 0 Å². The first-order valence-electron chi connectivity index (χ1n) is 4.81. The van der Waals surface area contributed by atoms with Gasteiger partial charge in [0.1, 0.15) is 6.61 Å². The van der Waals surface area contributed by atoms with Crippen molar-refractivity contribution in [3.05, 3.63) is 28.2 Å². The van der Waals surface area contributed by atoms with Gasteiger partial charge in [0.25, 0.3) is 0 Å². The fraction of sp³-hybridized carbons (Fsp3) is 0.364. The van der Waals surface area contributed by atoms with E-state index in [1.54, 1.807) is 18.2 Å². The summed E-state index contributed by atoms with van der Waals surface area (Å²) in [7, 11) is 0. The zero-order valence-corrected chi connectivity index (χ0v) is 10.2. The second-order valence-electron chi connectivity index (χ2n) is 3.21. The molecule has 1 rings (SSSR count). The van der Waals surface area contributed by atoms with Gasteiger partial charge < -0.3 is 10.5 Å². The van der Waals surface area contributed by atoms with Crippen molar-refractivity contribution in [3.8, 4) is 0 Å². The van der Waals surface area contributed by atoms with Crippen molar-refractivity contribution >= 4 is 27.4 Å². The Morgan fingerprint density at radius 3 is 2.87 bits per heavy atom.